The van der Waals surface area contributed by atoms with Crippen LogP contribution in [0.4, 0.5) is 4.79 Å². The number of nitrogens with one attached hydrogen (secondary N) is 1. The minimum atomic E-state index is -0.580. The van der Waals surface area contributed by atoms with Gasteiger partial charge in [-0.1, -0.05) is 12.8 Å². The summed E-state index contributed by atoms with van der Waals surface area (Å²) >= 11 is 0. The highest BCUT2D eigenvalue weighted by Gasteiger charge is 2.21. The largest absolute Gasteiger partial charge is 0.462 e. The van der Waals surface area contributed by atoms with Crippen LogP contribution in [0, 0.1) is 12.0 Å². The first-order valence-electron chi connectivity index (χ1n) is 7.72. The lowest BCUT2D eigenvalue weighted by Crippen LogP contribution is -2.33. The van der Waals surface area contributed by atoms with Crippen molar-refractivity contribution in [3.63, 3.8) is 0 Å². The van der Waals surface area contributed by atoms with Crippen molar-refractivity contribution in [3.8, 4) is 12.0 Å². The molecule has 0 saturated carbocycles. The maximum absolute atomic E-state index is 11.6. The second-order valence-electron chi connectivity index (χ2n) is 5.11. The molecule has 3 unspecified atom stereocenters. The Balaban J connectivity index is 4.17. The Morgan fingerprint density at radius 2 is 1.96 bits per heavy atom. The van der Waals surface area contributed by atoms with Crippen LogP contribution in [-0.2, 0) is 19.0 Å². The SMILES string of the molecule is CC#COCCNC(=O)OC(C)CC(CC(O)CC)OC(C)=O. The number of aliphatic hydroxyl groups excluding tert-OH is 1. The molecule has 2 N–H and O–H groups in total. The molecule has 0 rings (SSSR count). The van der Waals surface area contributed by atoms with E-state index in [9.17, 15) is 14.7 Å². The second-order valence-corrected chi connectivity index (χ2v) is 5.11. The van der Waals surface area contributed by atoms with E-state index in [4.69, 9.17) is 14.2 Å². The highest BCUT2D eigenvalue weighted by Crippen LogP contribution is 2.14. The van der Waals surface area contributed by atoms with Crippen LogP contribution in [0.2, 0.25) is 0 Å². The van der Waals surface area contributed by atoms with Crippen molar-refractivity contribution in [2.75, 3.05) is 13.2 Å². The molecule has 0 fully saturated rings. The van der Waals surface area contributed by atoms with Crippen LogP contribution in [0.25, 0.3) is 0 Å². The van der Waals surface area contributed by atoms with E-state index in [1.807, 2.05) is 6.92 Å². The van der Waals surface area contributed by atoms with Crippen LogP contribution >= 0.6 is 0 Å². The van der Waals surface area contributed by atoms with E-state index in [1.165, 1.54) is 6.92 Å². The quantitative estimate of drug-likeness (QED) is 0.359. The van der Waals surface area contributed by atoms with Crippen molar-refractivity contribution in [1.82, 2.24) is 5.32 Å². The van der Waals surface area contributed by atoms with E-state index in [-0.39, 0.29) is 13.2 Å². The molecular formula is C16H27NO6. The number of carbonyl (C=O) groups excluding carboxylic acids is 2. The molecule has 0 radical (unpaired) electrons. The Hall–Kier alpha value is -1.94. The predicted octanol–water partition coefficient (Wildman–Crippen LogP) is 1.58. The molecule has 0 bridgehead atoms. The molecule has 0 aromatic rings. The zero-order chi connectivity index (χ0) is 17.7. The minimum absolute atomic E-state index is 0.267. The van der Waals surface area contributed by atoms with Gasteiger partial charge in [-0.15, -0.1) is 0 Å². The first-order chi connectivity index (χ1) is 10.9. The Labute approximate surface area is 137 Å². The Morgan fingerprint density at radius 1 is 1.26 bits per heavy atom. The summed E-state index contributed by atoms with van der Waals surface area (Å²) in [6.07, 6.45) is 1.53. The first-order valence-corrected chi connectivity index (χ1v) is 7.72. The number of ether oxygens (including phenoxy) is 3. The molecule has 0 aliphatic rings. The van der Waals surface area contributed by atoms with E-state index < -0.39 is 30.4 Å². The molecule has 0 aliphatic heterocycles. The molecule has 0 saturated heterocycles. The Bertz CT molecular complexity index is 415. The molecule has 0 spiro atoms. The number of alkyl carbamates (subject to hydrolysis) is 1. The fourth-order valence-electron chi connectivity index (χ4n) is 1.87. The van der Waals surface area contributed by atoms with Gasteiger partial charge in [-0.3, -0.25) is 4.79 Å². The van der Waals surface area contributed by atoms with Crippen molar-refractivity contribution < 1.29 is 28.9 Å². The van der Waals surface area contributed by atoms with Crippen molar-refractivity contribution in [1.29, 1.82) is 0 Å². The smallest absolute Gasteiger partial charge is 0.407 e. The summed E-state index contributed by atoms with van der Waals surface area (Å²) in [5, 5.41) is 12.2. The highest BCUT2D eigenvalue weighted by molar-refractivity contribution is 5.67. The number of esters is 1. The molecule has 0 heterocycles. The van der Waals surface area contributed by atoms with Crippen LogP contribution in [-0.4, -0.2) is 48.6 Å². The molecule has 7 heteroatoms. The van der Waals surface area contributed by atoms with Gasteiger partial charge in [-0.2, -0.15) is 0 Å². The molecular weight excluding hydrogens is 302 g/mol. The van der Waals surface area contributed by atoms with Crippen LogP contribution in [0.3, 0.4) is 0 Å². The molecule has 0 aromatic carbocycles. The van der Waals surface area contributed by atoms with Crippen molar-refractivity contribution in [2.45, 2.75) is 65.3 Å². The van der Waals surface area contributed by atoms with Gasteiger partial charge in [-0.25, -0.2) is 4.79 Å². The minimum Gasteiger partial charge on any atom is -0.462 e. The third kappa shape index (κ3) is 12.3. The zero-order valence-electron chi connectivity index (χ0n) is 14.3. The molecule has 0 aliphatic carbocycles. The van der Waals surface area contributed by atoms with E-state index in [2.05, 4.69) is 17.3 Å². The fraction of sp³-hybridized carbons (Fsp3) is 0.750. The van der Waals surface area contributed by atoms with Crippen LogP contribution in [0.5, 0.6) is 0 Å². The van der Waals surface area contributed by atoms with E-state index in [0.29, 0.717) is 19.3 Å². The molecule has 132 valence electrons. The van der Waals surface area contributed by atoms with Crippen molar-refractivity contribution in [3.05, 3.63) is 0 Å². The maximum atomic E-state index is 11.6. The Kier molecular flexibility index (Phi) is 11.5. The van der Waals surface area contributed by atoms with Gasteiger partial charge >= 0.3 is 12.1 Å². The molecule has 7 nitrogen and oxygen atoms in total. The summed E-state index contributed by atoms with van der Waals surface area (Å²) in [4.78, 5) is 22.7. The average Bonchev–Trinajstić information content (AvgIpc) is 2.45. The second kappa shape index (κ2) is 12.6. The van der Waals surface area contributed by atoms with Crippen molar-refractivity contribution in [2.24, 2.45) is 0 Å². The van der Waals surface area contributed by atoms with Gasteiger partial charge in [0.1, 0.15) is 24.9 Å². The number of rotatable bonds is 10. The maximum Gasteiger partial charge on any atom is 0.407 e. The summed E-state index contributed by atoms with van der Waals surface area (Å²) in [5.41, 5.74) is 0. The molecule has 23 heavy (non-hydrogen) atoms. The lowest BCUT2D eigenvalue weighted by atomic mass is 10.0. The number of aliphatic hydroxyl groups is 1. The standard InChI is InChI=1S/C16H27NO6/c1-5-8-21-9-7-17-16(20)22-12(3)10-15(23-13(4)18)11-14(19)6-2/h12,14-15,19H,6-7,9-11H2,1-4H3,(H,17,20). The number of carbonyl (C=O) groups is 2. The average molecular weight is 329 g/mol. The summed E-state index contributed by atoms with van der Waals surface area (Å²) in [7, 11) is 0. The van der Waals surface area contributed by atoms with Gasteiger partial charge < -0.3 is 24.6 Å². The summed E-state index contributed by atoms with van der Waals surface area (Å²) in [6, 6.07) is 0. The van der Waals surface area contributed by atoms with Gasteiger partial charge in [0.25, 0.3) is 0 Å². The van der Waals surface area contributed by atoms with Crippen molar-refractivity contribution >= 4 is 12.1 Å². The molecule has 1 amide bonds. The number of amides is 1. The summed E-state index contributed by atoms with van der Waals surface area (Å²) in [5.74, 6) is 2.14. The van der Waals surface area contributed by atoms with Gasteiger partial charge in [0.2, 0.25) is 0 Å². The zero-order valence-corrected chi connectivity index (χ0v) is 14.3. The van der Waals surface area contributed by atoms with E-state index in [0.717, 1.165) is 0 Å². The third-order valence-electron chi connectivity index (χ3n) is 2.89. The predicted molar refractivity (Wildman–Crippen MR) is 84.4 cm³/mol. The highest BCUT2D eigenvalue weighted by atomic mass is 16.6. The topological polar surface area (TPSA) is 94.1 Å². The first kappa shape index (κ1) is 21.1. The van der Waals surface area contributed by atoms with E-state index >= 15 is 0 Å². The van der Waals surface area contributed by atoms with E-state index in [1.54, 1.807) is 13.8 Å². The third-order valence-corrected chi connectivity index (χ3v) is 2.89. The van der Waals surface area contributed by atoms with Crippen LogP contribution < -0.4 is 5.32 Å². The summed E-state index contributed by atoms with van der Waals surface area (Å²) in [6.45, 7) is 7.05. The molecule has 3 atom stereocenters. The molecule has 0 aromatic heterocycles. The lowest BCUT2D eigenvalue weighted by molar-refractivity contribution is -0.149. The fourth-order valence-corrected chi connectivity index (χ4v) is 1.87. The van der Waals surface area contributed by atoms with Gasteiger partial charge in [0.05, 0.1) is 12.6 Å². The van der Waals surface area contributed by atoms with Gasteiger partial charge in [0.15, 0.2) is 0 Å². The number of hydrogen-bond acceptors (Lipinski definition) is 6. The Morgan fingerprint density at radius 3 is 2.52 bits per heavy atom. The van der Waals surface area contributed by atoms with Crippen LogP contribution in [0.15, 0.2) is 0 Å². The van der Waals surface area contributed by atoms with Crippen LogP contribution in [0.1, 0.15) is 47.0 Å². The van der Waals surface area contributed by atoms with Gasteiger partial charge in [0, 0.05) is 26.7 Å². The lowest BCUT2D eigenvalue weighted by Gasteiger charge is -2.23. The normalized spacial score (nSPS) is 13.8. The number of hydrogen-bond donors (Lipinski definition) is 2. The summed E-state index contributed by atoms with van der Waals surface area (Å²) < 4.78 is 15.2. The van der Waals surface area contributed by atoms with Gasteiger partial charge in [-0.05, 0) is 13.3 Å². The monoisotopic (exact) mass is 329 g/mol.